The Morgan fingerprint density at radius 3 is 2.25 bits per heavy atom. The van der Waals surface area contributed by atoms with Crippen LogP contribution in [0.1, 0.15) is 22.8 Å². The molecule has 5 heteroatoms. The van der Waals surface area contributed by atoms with Gasteiger partial charge in [0, 0.05) is 0 Å². The summed E-state index contributed by atoms with van der Waals surface area (Å²) in [6, 6.07) is 12.2. The summed E-state index contributed by atoms with van der Waals surface area (Å²) < 4.78 is 24.9. The number of benzene rings is 2. The molecule has 0 aromatic heterocycles. The third-order valence-electron chi connectivity index (χ3n) is 3.05. The molecule has 1 N–H and O–H groups in total. The van der Waals surface area contributed by atoms with Crippen LogP contribution in [0.4, 0.5) is 0 Å². The fourth-order valence-electron chi connectivity index (χ4n) is 1.97. The second kappa shape index (κ2) is 5.46. The minimum atomic E-state index is -3.61. The number of sulfone groups is 1. The number of aromatic carboxylic acids is 1. The average molecular weight is 290 g/mol. The van der Waals surface area contributed by atoms with E-state index in [1.165, 1.54) is 30.3 Å². The van der Waals surface area contributed by atoms with Crippen molar-refractivity contribution < 1.29 is 18.3 Å². The zero-order valence-corrected chi connectivity index (χ0v) is 11.7. The van der Waals surface area contributed by atoms with Crippen molar-refractivity contribution in [2.24, 2.45) is 0 Å². The highest BCUT2D eigenvalue weighted by Crippen LogP contribution is 2.23. The predicted molar refractivity (Wildman–Crippen MR) is 74.7 cm³/mol. The van der Waals surface area contributed by atoms with Crippen molar-refractivity contribution in [1.82, 2.24) is 0 Å². The van der Waals surface area contributed by atoms with Crippen LogP contribution in [-0.4, -0.2) is 19.5 Å². The highest BCUT2D eigenvalue weighted by atomic mass is 32.2. The first-order valence-corrected chi connectivity index (χ1v) is 7.61. The Kier molecular flexibility index (Phi) is 3.90. The Labute approximate surface area is 117 Å². The summed E-state index contributed by atoms with van der Waals surface area (Å²) in [5, 5.41) is 9.06. The van der Waals surface area contributed by atoms with Crippen LogP contribution in [0, 0.1) is 0 Å². The maximum atomic E-state index is 12.4. The first-order chi connectivity index (χ1) is 9.46. The second-order valence-electron chi connectivity index (χ2n) is 4.29. The van der Waals surface area contributed by atoms with E-state index in [9.17, 15) is 13.2 Å². The van der Waals surface area contributed by atoms with Crippen molar-refractivity contribution >= 4 is 15.8 Å². The number of carbonyl (C=O) groups is 1. The van der Waals surface area contributed by atoms with Crippen molar-refractivity contribution in [1.29, 1.82) is 0 Å². The van der Waals surface area contributed by atoms with E-state index in [1.54, 1.807) is 25.1 Å². The molecule has 0 unspecified atom stereocenters. The van der Waals surface area contributed by atoms with Crippen LogP contribution in [0.25, 0.3) is 0 Å². The van der Waals surface area contributed by atoms with Gasteiger partial charge in [0.25, 0.3) is 0 Å². The summed E-state index contributed by atoms with van der Waals surface area (Å²) in [4.78, 5) is 11.4. The molecule has 0 atom stereocenters. The molecule has 0 spiro atoms. The van der Waals surface area contributed by atoms with Gasteiger partial charge in [0.2, 0.25) is 9.84 Å². The van der Waals surface area contributed by atoms with E-state index in [-0.39, 0.29) is 15.4 Å². The first kappa shape index (κ1) is 14.3. The molecule has 0 aliphatic carbocycles. The predicted octanol–water partition coefficient (Wildman–Crippen LogP) is 2.78. The third kappa shape index (κ3) is 2.58. The van der Waals surface area contributed by atoms with Crippen molar-refractivity contribution in [3.8, 4) is 0 Å². The molecule has 2 aromatic rings. The van der Waals surface area contributed by atoms with Crippen molar-refractivity contribution in [2.75, 3.05) is 0 Å². The fourth-order valence-corrected chi connectivity index (χ4v) is 3.31. The molecule has 0 radical (unpaired) electrons. The van der Waals surface area contributed by atoms with Gasteiger partial charge in [-0.25, -0.2) is 13.2 Å². The number of hydrogen-bond acceptors (Lipinski definition) is 3. The normalized spacial score (nSPS) is 11.2. The maximum Gasteiger partial charge on any atom is 0.335 e. The highest BCUT2D eigenvalue weighted by Gasteiger charge is 2.19. The van der Waals surface area contributed by atoms with Crippen LogP contribution in [0.5, 0.6) is 0 Å². The molecule has 2 aromatic carbocycles. The van der Waals surface area contributed by atoms with Gasteiger partial charge >= 0.3 is 5.97 Å². The molecule has 0 saturated heterocycles. The lowest BCUT2D eigenvalue weighted by molar-refractivity contribution is 0.0695. The van der Waals surface area contributed by atoms with E-state index in [0.717, 1.165) is 0 Å². The molecule has 0 aliphatic rings. The van der Waals surface area contributed by atoms with E-state index in [2.05, 4.69) is 0 Å². The number of hydrogen-bond donors (Lipinski definition) is 1. The number of aryl methyl sites for hydroxylation is 1. The van der Waals surface area contributed by atoms with Gasteiger partial charge < -0.3 is 5.11 Å². The molecular formula is C15H14O4S. The summed E-state index contributed by atoms with van der Waals surface area (Å²) in [6.45, 7) is 1.79. The van der Waals surface area contributed by atoms with E-state index < -0.39 is 15.8 Å². The average Bonchev–Trinajstić information content (AvgIpc) is 2.47. The van der Waals surface area contributed by atoms with E-state index in [4.69, 9.17) is 5.11 Å². The number of rotatable bonds is 4. The lowest BCUT2D eigenvalue weighted by Crippen LogP contribution is -2.06. The van der Waals surface area contributed by atoms with Crippen LogP contribution < -0.4 is 0 Å². The van der Waals surface area contributed by atoms with Crippen molar-refractivity contribution in [3.05, 3.63) is 59.7 Å². The summed E-state index contributed by atoms with van der Waals surface area (Å²) in [5.41, 5.74) is 0.647. The van der Waals surface area contributed by atoms with Gasteiger partial charge in [0.15, 0.2) is 0 Å². The maximum absolute atomic E-state index is 12.4. The molecule has 20 heavy (non-hydrogen) atoms. The van der Waals surface area contributed by atoms with Gasteiger partial charge in [-0.3, -0.25) is 0 Å². The van der Waals surface area contributed by atoms with Gasteiger partial charge in [-0.15, -0.1) is 0 Å². The van der Waals surface area contributed by atoms with Gasteiger partial charge in [0.05, 0.1) is 15.4 Å². The molecule has 0 aliphatic heterocycles. The summed E-state index contributed by atoms with van der Waals surface area (Å²) in [7, 11) is -3.61. The smallest absolute Gasteiger partial charge is 0.335 e. The summed E-state index contributed by atoms with van der Waals surface area (Å²) in [6.07, 6.45) is 0.458. The SMILES string of the molecule is CCc1cc(S(=O)(=O)c2ccccc2)ccc1C(=O)O. The standard InChI is InChI=1S/C15H14O4S/c1-2-11-10-13(8-9-14(11)15(16)17)20(18,19)12-6-4-3-5-7-12/h3-10H,2H2,1H3,(H,16,17). The molecule has 104 valence electrons. The monoisotopic (exact) mass is 290 g/mol. The third-order valence-corrected chi connectivity index (χ3v) is 4.82. The van der Waals surface area contributed by atoms with Crippen LogP contribution in [0.15, 0.2) is 58.3 Å². The van der Waals surface area contributed by atoms with Gasteiger partial charge in [-0.2, -0.15) is 0 Å². The highest BCUT2D eigenvalue weighted by molar-refractivity contribution is 7.91. The Bertz CT molecular complexity index is 734. The Morgan fingerprint density at radius 2 is 1.70 bits per heavy atom. The van der Waals surface area contributed by atoms with E-state index in [0.29, 0.717) is 12.0 Å². The largest absolute Gasteiger partial charge is 0.478 e. The first-order valence-electron chi connectivity index (χ1n) is 6.13. The van der Waals surface area contributed by atoms with Crippen molar-refractivity contribution in [3.63, 3.8) is 0 Å². The molecule has 0 heterocycles. The molecule has 0 saturated carbocycles. The Hall–Kier alpha value is -2.14. The minimum absolute atomic E-state index is 0.116. The Morgan fingerprint density at radius 1 is 1.05 bits per heavy atom. The quantitative estimate of drug-likeness (QED) is 0.939. The number of carboxylic acids is 1. The van der Waals surface area contributed by atoms with Gasteiger partial charge in [-0.1, -0.05) is 25.1 Å². The lowest BCUT2D eigenvalue weighted by Gasteiger charge is -2.08. The van der Waals surface area contributed by atoms with Crippen LogP contribution in [-0.2, 0) is 16.3 Å². The topological polar surface area (TPSA) is 71.4 Å². The van der Waals surface area contributed by atoms with E-state index >= 15 is 0 Å². The van der Waals surface area contributed by atoms with Gasteiger partial charge in [0.1, 0.15) is 0 Å². The molecular weight excluding hydrogens is 276 g/mol. The zero-order valence-electron chi connectivity index (χ0n) is 10.9. The Balaban J connectivity index is 2.57. The molecule has 2 rings (SSSR count). The number of carboxylic acid groups (broad SMARTS) is 1. The second-order valence-corrected chi connectivity index (χ2v) is 6.24. The molecule has 0 bridgehead atoms. The van der Waals surface area contributed by atoms with E-state index in [1.807, 2.05) is 0 Å². The summed E-state index contributed by atoms with van der Waals surface area (Å²) in [5.74, 6) is -1.05. The van der Waals surface area contributed by atoms with Crippen molar-refractivity contribution in [2.45, 2.75) is 23.1 Å². The molecule has 0 fully saturated rings. The van der Waals surface area contributed by atoms with Gasteiger partial charge in [-0.05, 0) is 42.3 Å². The molecule has 0 amide bonds. The minimum Gasteiger partial charge on any atom is -0.478 e. The molecule has 4 nitrogen and oxygen atoms in total. The fraction of sp³-hybridized carbons (Fsp3) is 0.133. The van der Waals surface area contributed by atoms with Crippen LogP contribution >= 0.6 is 0 Å². The summed E-state index contributed by atoms with van der Waals surface area (Å²) >= 11 is 0. The van der Waals surface area contributed by atoms with Crippen LogP contribution in [0.2, 0.25) is 0 Å². The van der Waals surface area contributed by atoms with Crippen LogP contribution in [0.3, 0.4) is 0 Å². The lowest BCUT2D eigenvalue weighted by atomic mass is 10.1. The zero-order chi connectivity index (χ0) is 14.8.